The van der Waals surface area contributed by atoms with Crippen LogP contribution in [0.1, 0.15) is 120 Å². The summed E-state index contributed by atoms with van der Waals surface area (Å²) in [5, 5.41) is 45.2. The third kappa shape index (κ3) is 16.3. The molecule has 0 saturated carbocycles. The van der Waals surface area contributed by atoms with Crippen LogP contribution in [0.2, 0.25) is 0 Å². The number of cyclic esters (lactones) is 1. The maximum atomic E-state index is 14.8. The Morgan fingerprint density at radius 2 is 1.49 bits per heavy atom. The van der Waals surface area contributed by atoms with Crippen molar-refractivity contribution in [1.82, 2.24) is 10.2 Å². The molecule has 0 bridgehead atoms. The number of aliphatic hydroxyl groups is 3. The second-order valence-electron chi connectivity index (χ2n) is 22.1. The fraction of sp³-hybridized carbons (Fsp3) is 0.719. The van der Waals surface area contributed by atoms with Gasteiger partial charge in [-0.25, -0.2) is 4.79 Å². The molecule has 0 radical (unpaired) electrons. The molecule has 0 spiro atoms. The zero-order valence-electron chi connectivity index (χ0n) is 47.3. The number of methoxy groups -OCH3 is 1. The quantitative estimate of drug-likeness (QED) is 0.0512. The molecule has 2 aromatic carbocycles. The van der Waals surface area contributed by atoms with Crippen molar-refractivity contribution >= 4 is 23.7 Å². The van der Waals surface area contributed by atoms with Crippen molar-refractivity contribution in [2.45, 2.75) is 205 Å². The number of likely N-dealkylation sites (N-methyl/N-ethyl adjacent to an activating group) is 1. The molecule has 0 aliphatic carbocycles. The van der Waals surface area contributed by atoms with E-state index < -0.39 is 126 Å². The minimum absolute atomic E-state index is 0.0494. The molecule has 4 N–H and O–H groups in total. The van der Waals surface area contributed by atoms with Crippen LogP contribution in [-0.2, 0) is 58.9 Å². The highest BCUT2D eigenvalue weighted by Gasteiger charge is 2.55. The number of benzene rings is 2. The van der Waals surface area contributed by atoms with Crippen LogP contribution in [-0.4, -0.2) is 163 Å². The molecule has 2 aromatic rings. The summed E-state index contributed by atoms with van der Waals surface area (Å²) < 4.78 is 57.1. The Bertz CT molecular complexity index is 2150. The van der Waals surface area contributed by atoms with E-state index in [-0.39, 0.29) is 32.4 Å². The molecule has 0 unspecified atom stereocenters. The number of alkyl carbamates (subject to hydrolysis) is 1. The fourth-order valence-corrected chi connectivity index (χ4v) is 11.1. The molecule has 3 heterocycles. The van der Waals surface area contributed by atoms with Crippen LogP contribution >= 0.6 is 0 Å². The summed E-state index contributed by atoms with van der Waals surface area (Å²) in [6.07, 6.45) is -9.44. The zero-order valence-corrected chi connectivity index (χ0v) is 47.3. The van der Waals surface area contributed by atoms with Gasteiger partial charge in [-0.3, -0.25) is 9.59 Å². The minimum Gasteiger partial charge on any atom is -0.494 e. The number of carbonyl (C=O) groups excluding carboxylic acids is 3. The Balaban J connectivity index is 1.59. The second kappa shape index (κ2) is 27.9. The first-order chi connectivity index (χ1) is 35.8. The number of esters is 2. The topological polar surface area (TPSA) is 232 Å². The fourth-order valence-electron chi connectivity index (χ4n) is 11.1. The number of oxime groups is 1. The summed E-state index contributed by atoms with van der Waals surface area (Å²) in [5.41, 5.74) is -3.78. The number of nitrogens with zero attached hydrogens (tertiary/aromatic N) is 2. The normalized spacial score (nSPS) is 37.4. The van der Waals surface area contributed by atoms with Gasteiger partial charge in [-0.2, -0.15) is 0 Å². The van der Waals surface area contributed by atoms with Gasteiger partial charge in [0.1, 0.15) is 29.7 Å². The molecule has 18 atom stereocenters. The lowest BCUT2D eigenvalue weighted by atomic mass is 9.73. The Morgan fingerprint density at radius 1 is 0.842 bits per heavy atom. The first-order valence-corrected chi connectivity index (χ1v) is 27.0. The van der Waals surface area contributed by atoms with Gasteiger partial charge in [0.15, 0.2) is 24.8 Å². The van der Waals surface area contributed by atoms with E-state index in [0.717, 1.165) is 11.3 Å². The lowest BCUT2D eigenvalue weighted by Crippen LogP contribution is -2.62. The minimum atomic E-state index is -2.01. The lowest BCUT2D eigenvalue weighted by Gasteiger charge is -2.49. The van der Waals surface area contributed by atoms with Crippen molar-refractivity contribution in [1.29, 1.82) is 0 Å². The summed E-state index contributed by atoms with van der Waals surface area (Å²) >= 11 is 0. The SMILES string of the molecule is CC[C@@H]1OC(=O)[C@H](C)[C@H](O[C@H]2C[C@@](C)(OC)[C@@H](OC(C)=O)[C@H](C)O2)[C@H](C)[C@@H](O[C@@H]2O[C@H](C)C[C@H](N(C)C)[C@H]2OC(=O)NCc2ccccc2)[C@@](C)(O)C[C@@H](C)/C(=N\OCCCCOc2ccccc2)[C@@H](C)[C@@H](O)[C@]1(C)O. The van der Waals surface area contributed by atoms with E-state index in [1.165, 1.54) is 21.0 Å². The van der Waals surface area contributed by atoms with Gasteiger partial charge in [0.25, 0.3) is 0 Å². The second-order valence-corrected chi connectivity index (χ2v) is 22.1. The van der Waals surface area contributed by atoms with Crippen LogP contribution in [0.4, 0.5) is 4.79 Å². The van der Waals surface area contributed by atoms with Crippen molar-refractivity contribution in [2.75, 3.05) is 34.4 Å². The highest BCUT2D eigenvalue weighted by atomic mass is 16.7. The van der Waals surface area contributed by atoms with Crippen molar-refractivity contribution in [2.24, 2.45) is 28.8 Å². The van der Waals surface area contributed by atoms with E-state index in [1.54, 1.807) is 48.5 Å². The van der Waals surface area contributed by atoms with Gasteiger partial charge >= 0.3 is 18.0 Å². The van der Waals surface area contributed by atoms with Crippen LogP contribution in [0.25, 0.3) is 0 Å². The van der Waals surface area contributed by atoms with Gasteiger partial charge < -0.3 is 73.0 Å². The number of hydrogen-bond donors (Lipinski definition) is 4. The number of aliphatic hydroxyl groups excluding tert-OH is 1. The number of nitrogens with one attached hydrogen (secondary N) is 1. The Hall–Kier alpha value is -4.44. The lowest BCUT2D eigenvalue weighted by molar-refractivity contribution is -0.318. The Morgan fingerprint density at radius 3 is 2.11 bits per heavy atom. The van der Waals surface area contributed by atoms with Crippen LogP contribution < -0.4 is 10.1 Å². The molecule has 1 amide bonds. The average molecular weight is 1070 g/mol. The maximum Gasteiger partial charge on any atom is 0.407 e. The van der Waals surface area contributed by atoms with E-state index >= 15 is 0 Å². The molecule has 428 valence electrons. The molecule has 3 saturated heterocycles. The van der Waals surface area contributed by atoms with E-state index in [2.05, 4.69) is 10.5 Å². The van der Waals surface area contributed by atoms with E-state index in [4.69, 9.17) is 47.5 Å². The number of amides is 1. The van der Waals surface area contributed by atoms with Crippen LogP contribution in [0.15, 0.2) is 65.8 Å². The van der Waals surface area contributed by atoms with Crippen molar-refractivity contribution < 1.29 is 77.2 Å². The predicted octanol–water partition coefficient (Wildman–Crippen LogP) is 6.95. The molecule has 76 heavy (non-hydrogen) atoms. The van der Waals surface area contributed by atoms with Gasteiger partial charge in [-0.05, 0) is 105 Å². The zero-order chi connectivity index (χ0) is 56.1. The van der Waals surface area contributed by atoms with Crippen molar-refractivity contribution in [3.63, 3.8) is 0 Å². The highest BCUT2D eigenvalue weighted by molar-refractivity contribution is 5.88. The maximum absolute atomic E-state index is 14.8. The monoisotopic (exact) mass is 1070 g/mol. The third-order valence-corrected chi connectivity index (χ3v) is 15.4. The molecular weight excluding hydrogens is 983 g/mol. The van der Waals surface area contributed by atoms with Crippen molar-refractivity contribution in [3.05, 3.63) is 66.2 Å². The number of carbonyl (C=O) groups is 3. The van der Waals surface area contributed by atoms with Gasteiger partial charge in [0, 0.05) is 44.8 Å². The first-order valence-electron chi connectivity index (χ1n) is 27.0. The predicted molar refractivity (Wildman–Crippen MR) is 283 cm³/mol. The summed E-state index contributed by atoms with van der Waals surface area (Å²) in [7, 11) is 5.25. The average Bonchev–Trinajstić information content (AvgIpc) is 3.37. The summed E-state index contributed by atoms with van der Waals surface area (Å²) in [6.45, 7) is 19.3. The number of para-hydroxylation sites is 1. The van der Waals surface area contributed by atoms with Gasteiger partial charge in [-0.15, -0.1) is 0 Å². The smallest absolute Gasteiger partial charge is 0.407 e. The summed E-state index contributed by atoms with van der Waals surface area (Å²) in [6, 6.07) is 18.5. The number of rotatable bonds is 18. The standard InChI is InChI=1S/C57H89N3O16/c1-15-44-57(11,66)49(62)36(4)46(59-69-29-23-22-28-68-42-26-20-17-21-27-42)34(2)31-55(9,65)50(76-53-48(43(60(12)13)30-35(3)70-53)75-54(64)58-33-41-24-18-16-19-25-41)37(5)47(38(6)52(63)73-44)74-45-32-56(10,67-14)51(39(7)71-45)72-40(8)61/h16-21,24-27,34-39,43-45,47-51,53,62,65-66H,15,22-23,28-33H2,1-14H3,(H,58,64)/b59-46+/t34-,35-,36-,37+,38-,39+,43+,44+,45+,47-,48-,49-,50-,51+,53+,55+,56-,57-/m1/s1. The van der Waals surface area contributed by atoms with Crippen LogP contribution in [0.5, 0.6) is 5.75 Å². The molecule has 3 aliphatic heterocycles. The molecule has 3 fully saturated rings. The van der Waals surface area contributed by atoms with E-state index in [9.17, 15) is 29.7 Å². The van der Waals surface area contributed by atoms with E-state index in [0.29, 0.717) is 31.6 Å². The molecule has 19 nitrogen and oxygen atoms in total. The van der Waals surface area contributed by atoms with E-state index in [1.807, 2.05) is 93.5 Å². The number of hydrogen-bond acceptors (Lipinski definition) is 18. The van der Waals surface area contributed by atoms with Gasteiger partial charge in [-0.1, -0.05) is 81.4 Å². The number of unbranched alkanes of at least 4 members (excludes halogenated alkanes) is 1. The molecular formula is C57H89N3O16. The van der Waals surface area contributed by atoms with Gasteiger partial charge in [0.05, 0.1) is 60.4 Å². The largest absolute Gasteiger partial charge is 0.494 e. The Labute approximate surface area is 450 Å². The number of ether oxygens (including phenoxy) is 9. The van der Waals surface area contributed by atoms with Crippen LogP contribution in [0, 0.1) is 23.7 Å². The summed E-state index contributed by atoms with van der Waals surface area (Å²) in [4.78, 5) is 48.8. The van der Waals surface area contributed by atoms with Crippen molar-refractivity contribution in [3.8, 4) is 5.75 Å². The first kappa shape index (κ1) is 62.4. The Kier molecular flexibility index (Phi) is 22.9. The third-order valence-electron chi connectivity index (χ3n) is 15.4. The summed E-state index contributed by atoms with van der Waals surface area (Å²) in [5.74, 6) is -4.16. The molecule has 19 heteroatoms. The van der Waals surface area contributed by atoms with Crippen LogP contribution in [0.3, 0.4) is 0 Å². The molecule has 5 rings (SSSR count). The highest BCUT2D eigenvalue weighted by Crippen LogP contribution is 2.42. The van der Waals surface area contributed by atoms with Gasteiger partial charge in [0.2, 0.25) is 0 Å². The molecule has 0 aromatic heterocycles. The molecule has 3 aliphatic rings.